The monoisotopic (exact) mass is 255 g/mol. The first-order valence-corrected chi connectivity index (χ1v) is 6.29. The van der Waals surface area contributed by atoms with E-state index in [1.165, 1.54) is 26.0 Å². The van der Waals surface area contributed by atoms with Crippen LogP contribution in [0, 0.1) is 6.92 Å². The zero-order chi connectivity index (χ0) is 13.1. The van der Waals surface area contributed by atoms with E-state index in [1.807, 2.05) is 6.92 Å². The Morgan fingerprint density at radius 2 is 1.71 bits per heavy atom. The highest BCUT2D eigenvalue weighted by atomic mass is 32.2. The van der Waals surface area contributed by atoms with Crippen molar-refractivity contribution in [3.63, 3.8) is 0 Å². The lowest BCUT2D eigenvalue weighted by molar-refractivity contribution is -0.111. The summed E-state index contributed by atoms with van der Waals surface area (Å²) in [6, 6.07) is 6.14. The molecule has 0 fully saturated rings. The fraction of sp³-hybridized carbons (Fsp3) is 0.273. The number of carbonyl (C=O) groups excluding carboxylic acids is 1. The van der Waals surface area contributed by atoms with Crippen LogP contribution in [0.4, 0.5) is 0 Å². The van der Waals surface area contributed by atoms with Gasteiger partial charge in [-0.25, -0.2) is 0 Å². The van der Waals surface area contributed by atoms with Gasteiger partial charge in [0, 0.05) is 6.92 Å². The zero-order valence-electron chi connectivity index (χ0n) is 9.80. The third kappa shape index (κ3) is 3.67. The minimum Gasteiger partial charge on any atom is -0.293 e. The normalized spacial score (nSPS) is 12.3. The van der Waals surface area contributed by atoms with E-state index in [1.54, 1.807) is 12.1 Å². The maximum atomic E-state index is 11.6. The van der Waals surface area contributed by atoms with Gasteiger partial charge in [-0.15, -0.1) is 0 Å². The molecule has 0 aromatic heterocycles. The molecule has 0 unspecified atom stereocenters. The number of hydrogen-bond acceptors (Lipinski definition) is 5. The van der Waals surface area contributed by atoms with Gasteiger partial charge in [0.15, 0.2) is 5.78 Å². The fourth-order valence-corrected chi connectivity index (χ4v) is 1.68. The summed E-state index contributed by atoms with van der Waals surface area (Å²) in [5, 5.41) is 3.27. The van der Waals surface area contributed by atoms with Gasteiger partial charge in [-0.3, -0.25) is 9.08 Å². The number of carbonyl (C=O) groups is 1. The molecule has 5 nitrogen and oxygen atoms in total. The van der Waals surface area contributed by atoms with E-state index in [9.17, 15) is 13.2 Å². The number of rotatable bonds is 4. The Bertz CT molecular complexity index is 543. The van der Waals surface area contributed by atoms with E-state index < -0.39 is 10.1 Å². The Kier molecular flexibility index (Phi) is 4.01. The molecule has 1 aromatic rings. The van der Waals surface area contributed by atoms with Gasteiger partial charge >= 0.3 is 10.1 Å². The molecule has 92 valence electrons. The van der Waals surface area contributed by atoms with Crippen molar-refractivity contribution >= 4 is 21.6 Å². The van der Waals surface area contributed by atoms with Crippen LogP contribution in [0.1, 0.15) is 19.4 Å². The second-order valence-corrected chi connectivity index (χ2v) is 5.10. The van der Waals surface area contributed by atoms with Crippen LogP contribution in [0.25, 0.3) is 0 Å². The molecule has 0 atom stereocenters. The smallest absolute Gasteiger partial charge is 0.293 e. The molecule has 0 radical (unpaired) electrons. The maximum Gasteiger partial charge on any atom is 0.358 e. The van der Waals surface area contributed by atoms with Crippen molar-refractivity contribution in [2.45, 2.75) is 25.7 Å². The molecule has 0 aliphatic heterocycles. The molecule has 0 aliphatic rings. The van der Waals surface area contributed by atoms with Gasteiger partial charge in [-0.05, 0) is 26.0 Å². The molecule has 0 bridgehead atoms. The maximum absolute atomic E-state index is 11.6. The molecule has 6 heteroatoms. The van der Waals surface area contributed by atoms with Crippen LogP contribution < -0.4 is 0 Å². The zero-order valence-corrected chi connectivity index (χ0v) is 10.6. The SMILES string of the molecule is CC(=O)C(C)=NOS(=O)(=O)c1ccc(C)cc1. The molecule has 0 N–H and O–H groups in total. The predicted molar refractivity (Wildman–Crippen MR) is 63.2 cm³/mol. The average Bonchev–Trinajstić information content (AvgIpc) is 2.26. The van der Waals surface area contributed by atoms with Crippen molar-refractivity contribution in [2.24, 2.45) is 5.16 Å². The van der Waals surface area contributed by atoms with E-state index >= 15 is 0 Å². The number of aryl methyl sites for hydroxylation is 1. The molecule has 1 rings (SSSR count). The highest BCUT2D eigenvalue weighted by Gasteiger charge is 2.15. The molecular formula is C11H13NO4S. The summed E-state index contributed by atoms with van der Waals surface area (Å²) in [4.78, 5) is 10.8. The summed E-state index contributed by atoms with van der Waals surface area (Å²) in [7, 11) is -3.95. The Hall–Kier alpha value is -1.69. The summed E-state index contributed by atoms with van der Waals surface area (Å²) in [5.41, 5.74) is 0.938. The molecule has 0 saturated carbocycles. The van der Waals surface area contributed by atoms with E-state index in [2.05, 4.69) is 9.44 Å². The second kappa shape index (κ2) is 5.09. The lowest BCUT2D eigenvalue weighted by atomic mass is 10.2. The van der Waals surface area contributed by atoms with Crippen molar-refractivity contribution in [3.05, 3.63) is 29.8 Å². The summed E-state index contributed by atoms with van der Waals surface area (Å²) in [5.74, 6) is -0.343. The molecule has 17 heavy (non-hydrogen) atoms. The van der Waals surface area contributed by atoms with Gasteiger partial charge in [0.2, 0.25) is 0 Å². The van der Waals surface area contributed by atoms with Crippen molar-refractivity contribution in [1.82, 2.24) is 0 Å². The molecule has 0 spiro atoms. The first-order chi connectivity index (χ1) is 7.83. The number of ketones is 1. The first-order valence-electron chi connectivity index (χ1n) is 4.89. The van der Waals surface area contributed by atoms with Crippen molar-refractivity contribution in [3.8, 4) is 0 Å². The lowest BCUT2D eigenvalue weighted by Crippen LogP contribution is -2.09. The van der Waals surface area contributed by atoms with Gasteiger partial charge in [-0.1, -0.05) is 22.9 Å². The Morgan fingerprint density at radius 3 is 2.18 bits per heavy atom. The van der Waals surface area contributed by atoms with E-state index in [-0.39, 0.29) is 16.4 Å². The summed E-state index contributed by atoms with van der Waals surface area (Å²) >= 11 is 0. The van der Waals surface area contributed by atoms with Gasteiger partial charge in [0.05, 0.1) is 0 Å². The molecular weight excluding hydrogens is 242 g/mol. The van der Waals surface area contributed by atoms with E-state index in [0.29, 0.717) is 0 Å². The van der Waals surface area contributed by atoms with Crippen LogP contribution in [0.3, 0.4) is 0 Å². The van der Waals surface area contributed by atoms with Crippen molar-refractivity contribution in [2.75, 3.05) is 0 Å². The summed E-state index contributed by atoms with van der Waals surface area (Å²) in [6.07, 6.45) is 0. The minimum absolute atomic E-state index is 0.000636. The summed E-state index contributed by atoms with van der Waals surface area (Å²) < 4.78 is 27.7. The number of hydrogen-bond donors (Lipinski definition) is 0. The molecule has 0 amide bonds. The van der Waals surface area contributed by atoms with Gasteiger partial charge in [-0.2, -0.15) is 8.42 Å². The Balaban J connectivity index is 2.94. The van der Waals surface area contributed by atoms with E-state index in [4.69, 9.17) is 0 Å². The third-order valence-corrected chi connectivity index (χ3v) is 3.21. The number of oxime groups is 1. The van der Waals surface area contributed by atoms with Crippen LogP contribution in [0.15, 0.2) is 34.3 Å². The average molecular weight is 255 g/mol. The molecule has 0 saturated heterocycles. The largest absolute Gasteiger partial charge is 0.358 e. The van der Waals surface area contributed by atoms with Gasteiger partial charge in [0.25, 0.3) is 0 Å². The minimum atomic E-state index is -3.95. The standard InChI is InChI=1S/C11H13NO4S/c1-8-4-6-11(7-5-8)17(14,15)16-12-9(2)10(3)13/h4-7H,1-3H3. The number of Topliss-reactive ketones (excluding diaryl/α,β-unsaturated/α-hetero) is 1. The van der Waals surface area contributed by atoms with Crippen LogP contribution in [-0.2, 0) is 19.2 Å². The first kappa shape index (κ1) is 13.4. The molecule has 1 aromatic carbocycles. The van der Waals surface area contributed by atoms with Gasteiger partial charge < -0.3 is 0 Å². The predicted octanol–water partition coefficient (Wildman–Crippen LogP) is 1.67. The van der Waals surface area contributed by atoms with E-state index in [0.717, 1.165) is 5.56 Å². The van der Waals surface area contributed by atoms with Gasteiger partial charge in [0.1, 0.15) is 10.6 Å². The molecule has 0 heterocycles. The molecule has 0 aliphatic carbocycles. The summed E-state index contributed by atoms with van der Waals surface area (Å²) in [6.45, 7) is 4.50. The van der Waals surface area contributed by atoms with Crippen LogP contribution in [0.5, 0.6) is 0 Å². The number of nitrogens with zero attached hydrogens (tertiary/aromatic N) is 1. The fourth-order valence-electron chi connectivity index (χ4n) is 0.917. The Morgan fingerprint density at radius 1 is 1.18 bits per heavy atom. The van der Waals surface area contributed by atoms with Crippen LogP contribution in [0.2, 0.25) is 0 Å². The van der Waals surface area contributed by atoms with Crippen molar-refractivity contribution < 1.29 is 17.5 Å². The van der Waals surface area contributed by atoms with Crippen molar-refractivity contribution in [1.29, 1.82) is 0 Å². The van der Waals surface area contributed by atoms with Crippen LogP contribution in [-0.4, -0.2) is 19.9 Å². The third-order valence-electron chi connectivity index (χ3n) is 2.09. The second-order valence-electron chi connectivity index (χ2n) is 3.57. The van der Waals surface area contributed by atoms with Crippen LogP contribution >= 0.6 is 0 Å². The topological polar surface area (TPSA) is 72.8 Å². The lowest BCUT2D eigenvalue weighted by Gasteiger charge is -2.02. The highest BCUT2D eigenvalue weighted by molar-refractivity contribution is 7.86. The quantitative estimate of drug-likeness (QED) is 0.606. The Labute approximate surface area is 100 Å². The highest BCUT2D eigenvalue weighted by Crippen LogP contribution is 2.13. The number of benzene rings is 1.